The lowest BCUT2D eigenvalue weighted by molar-refractivity contribution is -0.136. The number of carbonyl (C=O) groups is 1. The summed E-state index contributed by atoms with van der Waals surface area (Å²) in [5, 5.41) is 8.46. The fourth-order valence-electron chi connectivity index (χ4n) is 5.27. The minimum Gasteiger partial charge on any atom is -0.329 e. The quantitative estimate of drug-likeness (QED) is 0.252. The molecular weight excluding hydrogens is 555 g/mol. The third kappa shape index (κ3) is 4.67. The van der Waals surface area contributed by atoms with E-state index in [0.717, 1.165) is 11.6 Å². The summed E-state index contributed by atoms with van der Waals surface area (Å²) in [5.41, 5.74) is 0.722. The van der Waals surface area contributed by atoms with Crippen molar-refractivity contribution in [3.8, 4) is 0 Å². The third-order valence-electron chi connectivity index (χ3n) is 7.29. The molecule has 0 N–H and O–H groups in total. The molecule has 1 amide bonds. The van der Waals surface area contributed by atoms with Crippen molar-refractivity contribution in [1.82, 2.24) is 23.5 Å². The molecule has 1 atom stereocenters. The fourth-order valence-corrected chi connectivity index (χ4v) is 6.65. The third-order valence-corrected chi connectivity index (χ3v) is 8.98. The molecule has 4 heterocycles. The number of hydrogen-bond acceptors (Lipinski definition) is 5. The lowest BCUT2D eigenvalue weighted by Gasteiger charge is -2.22. The van der Waals surface area contributed by atoms with Crippen LogP contribution in [-0.4, -0.2) is 44.3 Å². The van der Waals surface area contributed by atoms with Crippen molar-refractivity contribution >= 4 is 38.6 Å². The Morgan fingerprint density at radius 1 is 1.02 bits per heavy atom. The zero-order valence-electron chi connectivity index (χ0n) is 21.8. The number of aromatic nitrogens is 4. The van der Waals surface area contributed by atoms with E-state index in [4.69, 9.17) is 0 Å². The van der Waals surface area contributed by atoms with Crippen molar-refractivity contribution in [2.45, 2.75) is 36.9 Å². The summed E-state index contributed by atoms with van der Waals surface area (Å²) in [6, 6.07) is 15.2. The summed E-state index contributed by atoms with van der Waals surface area (Å²) < 4.78 is 69.8. The number of nitrogens with zero attached hydrogens (tertiary/aromatic N) is 5. The SMILES string of the molecule is Cc1ccc(S(=O)(=O)n2cc(/C=C/C(=O)N3CCCC3c3nnc4c(C(F)(F)F)cccn34)c3ccccc32)cc1. The van der Waals surface area contributed by atoms with Gasteiger partial charge < -0.3 is 4.90 Å². The number of para-hydroxylation sites is 1. The molecule has 210 valence electrons. The highest BCUT2D eigenvalue weighted by Gasteiger charge is 2.37. The van der Waals surface area contributed by atoms with Crippen LogP contribution in [-0.2, 0) is 21.0 Å². The van der Waals surface area contributed by atoms with Crippen LogP contribution in [0.15, 0.2) is 84.0 Å². The Morgan fingerprint density at radius 2 is 1.78 bits per heavy atom. The van der Waals surface area contributed by atoms with E-state index in [9.17, 15) is 26.4 Å². The van der Waals surface area contributed by atoms with Gasteiger partial charge in [-0.1, -0.05) is 35.9 Å². The number of benzene rings is 2. The van der Waals surface area contributed by atoms with E-state index in [1.807, 2.05) is 6.92 Å². The molecule has 5 aromatic rings. The number of hydrogen-bond donors (Lipinski definition) is 0. The Bertz CT molecular complexity index is 1920. The molecule has 1 aliphatic rings. The molecule has 1 fully saturated rings. The standard InChI is InChI=1S/C29H24F3N5O3S/c1-19-10-13-21(14-11-19)41(39,40)37-18-20(22-6-2-3-8-24(22)37)12-15-26(38)35-16-5-9-25(35)28-34-33-27-23(29(30,31)32)7-4-17-36(27)28/h2-4,6-8,10-15,17-18,25H,5,9,16H2,1H3/b15-12+. The summed E-state index contributed by atoms with van der Waals surface area (Å²) in [6.07, 6.45) is 2.43. The number of carbonyl (C=O) groups excluding carboxylic acids is 1. The summed E-state index contributed by atoms with van der Waals surface area (Å²) in [4.78, 5) is 15.1. The van der Waals surface area contributed by atoms with Gasteiger partial charge in [0.1, 0.15) is 5.56 Å². The minimum absolute atomic E-state index is 0.143. The molecule has 1 unspecified atom stereocenters. The van der Waals surface area contributed by atoms with Gasteiger partial charge in [-0.3, -0.25) is 9.20 Å². The second-order valence-corrected chi connectivity index (χ2v) is 11.7. The van der Waals surface area contributed by atoms with Crippen LogP contribution in [0.5, 0.6) is 0 Å². The molecule has 0 bridgehead atoms. The summed E-state index contributed by atoms with van der Waals surface area (Å²) in [6.45, 7) is 2.27. The summed E-state index contributed by atoms with van der Waals surface area (Å²) >= 11 is 0. The highest BCUT2D eigenvalue weighted by molar-refractivity contribution is 7.90. The van der Waals surface area contributed by atoms with Gasteiger partial charge in [-0.05, 0) is 56.2 Å². The Balaban J connectivity index is 1.32. The highest BCUT2D eigenvalue weighted by atomic mass is 32.2. The molecule has 8 nitrogen and oxygen atoms in total. The van der Waals surface area contributed by atoms with Crippen molar-refractivity contribution in [3.05, 3.63) is 102 Å². The number of amides is 1. The normalized spacial score (nSPS) is 16.4. The van der Waals surface area contributed by atoms with Gasteiger partial charge in [0, 0.05) is 36.0 Å². The number of pyridine rings is 1. The van der Waals surface area contributed by atoms with Crippen molar-refractivity contribution in [2.75, 3.05) is 6.54 Å². The monoisotopic (exact) mass is 579 g/mol. The van der Waals surface area contributed by atoms with Gasteiger partial charge in [0.2, 0.25) is 5.91 Å². The van der Waals surface area contributed by atoms with Gasteiger partial charge in [-0.2, -0.15) is 13.2 Å². The molecule has 1 aliphatic heterocycles. The van der Waals surface area contributed by atoms with E-state index in [0.29, 0.717) is 35.9 Å². The first-order chi connectivity index (χ1) is 19.6. The van der Waals surface area contributed by atoms with Gasteiger partial charge >= 0.3 is 6.18 Å². The Morgan fingerprint density at radius 3 is 2.54 bits per heavy atom. The zero-order valence-corrected chi connectivity index (χ0v) is 22.6. The van der Waals surface area contributed by atoms with Gasteiger partial charge in [-0.25, -0.2) is 12.4 Å². The van der Waals surface area contributed by atoms with E-state index in [1.165, 1.54) is 32.9 Å². The van der Waals surface area contributed by atoms with Crippen LogP contribution in [0.1, 0.15) is 41.4 Å². The van der Waals surface area contributed by atoms with Gasteiger partial charge in [0.15, 0.2) is 11.5 Å². The van der Waals surface area contributed by atoms with Crippen LogP contribution >= 0.6 is 0 Å². The van der Waals surface area contributed by atoms with Gasteiger partial charge in [0.25, 0.3) is 10.0 Å². The molecular formula is C29H24F3N5O3S. The number of fused-ring (bicyclic) bond motifs is 2. The van der Waals surface area contributed by atoms with Crippen molar-refractivity contribution in [1.29, 1.82) is 0 Å². The molecule has 0 saturated carbocycles. The topological polar surface area (TPSA) is 89.6 Å². The minimum atomic E-state index is -4.59. The van der Waals surface area contributed by atoms with Crippen molar-refractivity contribution in [2.24, 2.45) is 0 Å². The first-order valence-corrected chi connectivity index (χ1v) is 14.3. The Kier molecular flexibility index (Phi) is 6.45. The number of rotatable bonds is 5. The van der Waals surface area contributed by atoms with Gasteiger partial charge in [0.05, 0.1) is 16.5 Å². The smallest absolute Gasteiger partial charge is 0.329 e. The summed E-state index contributed by atoms with van der Waals surface area (Å²) in [5.74, 6) is -0.111. The molecule has 6 rings (SSSR count). The zero-order chi connectivity index (χ0) is 28.9. The van der Waals surface area contributed by atoms with Crippen molar-refractivity contribution in [3.63, 3.8) is 0 Å². The molecule has 41 heavy (non-hydrogen) atoms. The number of aryl methyl sites for hydroxylation is 1. The maximum Gasteiger partial charge on any atom is 0.420 e. The molecule has 0 radical (unpaired) electrons. The number of halogens is 3. The highest BCUT2D eigenvalue weighted by Crippen LogP contribution is 2.35. The Hall–Kier alpha value is -4.45. The first kappa shape index (κ1) is 26.8. The predicted octanol–water partition coefficient (Wildman–Crippen LogP) is 5.63. The van der Waals surface area contributed by atoms with Crippen LogP contribution in [0.3, 0.4) is 0 Å². The van der Waals surface area contributed by atoms with Crippen molar-refractivity contribution < 1.29 is 26.4 Å². The van der Waals surface area contributed by atoms with E-state index < -0.39 is 27.8 Å². The Labute approximate surface area is 233 Å². The molecule has 3 aromatic heterocycles. The van der Waals surface area contributed by atoms with Crippen LogP contribution in [0, 0.1) is 6.92 Å². The largest absolute Gasteiger partial charge is 0.420 e. The second kappa shape index (κ2) is 9.88. The molecule has 12 heteroatoms. The lowest BCUT2D eigenvalue weighted by Crippen LogP contribution is -2.30. The average molecular weight is 580 g/mol. The van der Waals surface area contributed by atoms with E-state index >= 15 is 0 Å². The maximum absolute atomic E-state index is 13.5. The maximum atomic E-state index is 13.5. The van der Waals surface area contributed by atoms with Crippen LogP contribution in [0.2, 0.25) is 0 Å². The van der Waals surface area contributed by atoms with Crippen LogP contribution in [0.25, 0.3) is 22.6 Å². The summed E-state index contributed by atoms with van der Waals surface area (Å²) in [7, 11) is -3.90. The van der Waals surface area contributed by atoms with E-state index in [2.05, 4.69) is 10.2 Å². The van der Waals surface area contributed by atoms with Crippen LogP contribution in [0.4, 0.5) is 13.2 Å². The molecule has 0 aliphatic carbocycles. The molecule has 2 aromatic carbocycles. The first-order valence-electron chi connectivity index (χ1n) is 12.9. The second-order valence-electron chi connectivity index (χ2n) is 9.91. The number of alkyl halides is 3. The molecule has 0 spiro atoms. The average Bonchev–Trinajstić information content (AvgIpc) is 3.68. The molecule has 1 saturated heterocycles. The predicted molar refractivity (Wildman–Crippen MR) is 146 cm³/mol. The lowest BCUT2D eigenvalue weighted by atomic mass is 10.1. The fraction of sp³-hybridized carbons (Fsp3) is 0.207. The number of likely N-dealkylation sites (tertiary alicyclic amines) is 1. The van der Waals surface area contributed by atoms with Gasteiger partial charge in [-0.15, -0.1) is 10.2 Å². The van der Waals surface area contributed by atoms with E-state index in [-0.39, 0.29) is 22.3 Å². The van der Waals surface area contributed by atoms with Crippen LogP contribution < -0.4 is 0 Å². The van der Waals surface area contributed by atoms with E-state index in [1.54, 1.807) is 59.5 Å².